The minimum atomic E-state index is 0.708. The lowest BCUT2D eigenvalue weighted by Gasteiger charge is -2.23. The van der Waals surface area contributed by atoms with E-state index >= 15 is 0 Å². The highest BCUT2D eigenvalue weighted by molar-refractivity contribution is 5.29. The topological polar surface area (TPSA) is 12.0 Å². The molecule has 82 valence electrons. The summed E-state index contributed by atoms with van der Waals surface area (Å²) in [6, 6.07) is 7.60. The number of piperidine rings is 1. The molecule has 0 aromatic heterocycles. The number of rotatable bonds is 2. The molecular weight excluding hydrogens is 182 g/mol. The second-order valence-electron chi connectivity index (χ2n) is 4.85. The lowest BCUT2D eigenvalue weighted by molar-refractivity contribution is 0.399. The van der Waals surface area contributed by atoms with Crippen LogP contribution in [-0.4, -0.2) is 12.6 Å². The van der Waals surface area contributed by atoms with Crippen molar-refractivity contribution in [2.24, 2.45) is 0 Å². The van der Waals surface area contributed by atoms with Crippen molar-refractivity contribution in [3.05, 3.63) is 34.9 Å². The highest BCUT2D eigenvalue weighted by Gasteiger charge is 2.12. The summed E-state index contributed by atoms with van der Waals surface area (Å²) in [7, 11) is 0. The van der Waals surface area contributed by atoms with Gasteiger partial charge in [0.05, 0.1) is 0 Å². The van der Waals surface area contributed by atoms with E-state index in [0.29, 0.717) is 6.04 Å². The van der Waals surface area contributed by atoms with E-state index in [1.54, 1.807) is 0 Å². The minimum Gasteiger partial charge on any atom is -0.314 e. The maximum absolute atomic E-state index is 3.61. The number of aryl methyl sites for hydroxylation is 2. The van der Waals surface area contributed by atoms with Gasteiger partial charge in [-0.25, -0.2) is 0 Å². The van der Waals surface area contributed by atoms with Crippen LogP contribution in [0.15, 0.2) is 18.2 Å². The van der Waals surface area contributed by atoms with Gasteiger partial charge in [-0.3, -0.25) is 0 Å². The number of nitrogens with one attached hydrogen (secondary N) is 1. The molecule has 1 heteroatoms. The first-order valence-electron chi connectivity index (χ1n) is 6.04. The molecule has 0 amide bonds. The molecule has 1 nitrogen and oxygen atoms in total. The maximum Gasteiger partial charge on any atom is 0.0107 e. The molecule has 0 unspecified atom stereocenters. The van der Waals surface area contributed by atoms with Crippen LogP contribution in [0.2, 0.25) is 0 Å². The zero-order chi connectivity index (χ0) is 10.7. The van der Waals surface area contributed by atoms with E-state index in [0.717, 1.165) is 0 Å². The van der Waals surface area contributed by atoms with E-state index in [-0.39, 0.29) is 0 Å². The smallest absolute Gasteiger partial charge is 0.0107 e. The van der Waals surface area contributed by atoms with Crippen molar-refractivity contribution in [1.29, 1.82) is 0 Å². The predicted molar refractivity (Wildman–Crippen MR) is 65.3 cm³/mol. The van der Waals surface area contributed by atoms with E-state index < -0.39 is 0 Å². The average Bonchev–Trinajstić information content (AvgIpc) is 2.17. The molecular formula is C14H21N. The lowest BCUT2D eigenvalue weighted by atomic mass is 9.96. The summed E-state index contributed by atoms with van der Waals surface area (Å²) in [5.41, 5.74) is 4.27. The van der Waals surface area contributed by atoms with Crippen LogP contribution in [0.5, 0.6) is 0 Å². The molecule has 1 aromatic carbocycles. The van der Waals surface area contributed by atoms with Gasteiger partial charge >= 0.3 is 0 Å². The molecule has 1 aromatic rings. The zero-order valence-corrected chi connectivity index (χ0v) is 9.84. The van der Waals surface area contributed by atoms with Gasteiger partial charge in [-0.15, -0.1) is 0 Å². The van der Waals surface area contributed by atoms with E-state index in [1.807, 2.05) is 0 Å². The van der Waals surface area contributed by atoms with E-state index in [1.165, 1.54) is 48.9 Å². The fourth-order valence-electron chi connectivity index (χ4n) is 2.57. The summed E-state index contributed by atoms with van der Waals surface area (Å²) in [5.74, 6) is 0. The average molecular weight is 203 g/mol. The standard InChI is InChI=1S/C14H21N/c1-11-7-12(2)9-13(8-11)10-14-5-3-4-6-15-14/h7-9,14-15H,3-6,10H2,1-2H3/t14-/m0/s1. The first-order chi connectivity index (χ1) is 7.24. The number of hydrogen-bond acceptors (Lipinski definition) is 1. The third kappa shape index (κ3) is 3.07. The fraction of sp³-hybridized carbons (Fsp3) is 0.571. The van der Waals surface area contributed by atoms with Gasteiger partial charge in [-0.2, -0.15) is 0 Å². The normalized spacial score (nSPS) is 21.6. The molecule has 1 heterocycles. The Balaban J connectivity index is 2.02. The molecule has 1 fully saturated rings. The molecule has 1 N–H and O–H groups in total. The Morgan fingerprint density at radius 1 is 1.13 bits per heavy atom. The van der Waals surface area contributed by atoms with Crippen molar-refractivity contribution < 1.29 is 0 Å². The van der Waals surface area contributed by atoms with Crippen LogP contribution < -0.4 is 5.32 Å². The van der Waals surface area contributed by atoms with E-state index in [4.69, 9.17) is 0 Å². The van der Waals surface area contributed by atoms with Crippen LogP contribution >= 0.6 is 0 Å². The Morgan fingerprint density at radius 2 is 1.87 bits per heavy atom. The SMILES string of the molecule is Cc1cc(C)cc(C[C@@H]2CCCCN2)c1. The molecule has 0 saturated carbocycles. The van der Waals surface area contributed by atoms with Crippen molar-refractivity contribution >= 4 is 0 Å². The Bertz CT molecular complexity index is 304. The zero-order valence-electron chi connectivity index (χ0n) is 9.84. The summed E-state index contributed by atoms with van der Waals surface area (Å²) in [4.78, 5) is 0. The van der Waals surface area contributed by atoms with Crippen LogP contribution in [0.3, 0.4) is 0 Å². The molecule has 1 saturated heterocycles. The summed E-state index contributed by atoms with van der Waals surface area (Å²) in [5, 5.41) is 3.61. The predicted octanol–water partition coefficient (Wildman–Crippen LogP) is 2.99. The Hall–Kier alpha value is -0.820. The number of hydrogen-bond donors (Lipinski definition) is 1. The highest BCUT2D eigenvalue weighted by Crippen LogP contribution is 2.15. The molecule has 0 radical (unpaired) electrons. The largest absolute Gasteiger partial charge is 0.314 e. The lowest BCUT2D eigenvalue weighted by Crippen LogP contribution is -2.35. The van der Waals surface area contributed by atoms with Crippen molar-refractivity contribution in [1.82, 2.24) is 5.32 Å². The van der Waals surface area contributed by atoms with Gasteiger partial charge in [0.25, 0.3) is 0 Å². The monoisotopic (exact) mass is 203 g/mol. The van der Waals surface area contributed by atoms with Gasteiger partial charge in [-0.1, -0.05) is 35.7 Å². The van der Waals surface area contributed by atoms with Crippen molar-refractivity contribution in [3.63, 3.8) is 0 Å². The molecule has 1 aliphatic rings. The van der Waals surface area contributed by atoms with Crippen LogP contribution in [-0.2, 0) is 6.42 Å². The van der Waals surface area contributed by atoms with Gasteiger partial charge in [0.1, 0.15) is 0 Å². The van der Waals surface area contributed by atoms with Gasteiger partial charge in [0.2, 0.25) is 0 Å². The first-order valence-corrected chi connectivity index (χ1v) is 6.04. The summed E-state index contributed by atoms with van der Waals surface area (Å²) in [6.07, 6.45) is 5.28. The van der Waals surface area contributed by atoms with Gasteiger partial charge in [-0.05, 0) is 45.2 Å². The van der Waals surface area contributed by atoms with Gasteiger partial charge < -0.3 is 5.32 Å². The Morgan fingerprint density at radius 3 is 2.47 bits per heavy atom. The van der Waals surface area contributed by atoms with Gasteiger partial charge in [0, 0.05) is 6.04 Å². The Labute approximate surface area is 92.9 Å². The van der Waals surface area contributed by atoms with Crippen LogP contribution in [0.4, 0.5) is 0 Å². The molecule has 1 aliphatic heterocycles. The first kappa shape index (κ1) is 10.7. The third-order valence-corrected chi connectivity index (χ3v) is 3.18. The quantitative estimate of drug-likeness (QED) is 0.779. The maximum atomic E-state index is 3.61. The molecule has 0 aliphatic carbocycles. The van der Waals surface area contributed by atoms with Crippen molar-refractivity contribution in [2.45, 2.75) is 45.6 Å². The molecule has 1 atom stereocenters. The summed E-state index contributed by atoms with van der Waals surface area (Å²) in [6.45, 7) is 5.57. The van der Waals surface area contributed by atoms with E-state index in [9.17, 15) is 0 Å². The van der Waals surface area contributed by atoms with Crippen molar-refractivity contribution in [2.75, 3.05) is 6.54 Å². The second-order valence-corrected chi connectivity index (χ2v) is 4.85. The second kappa shape index (κ2) is 4.80. The summed E-state index contributed by atoms with van der Waals surface area (Å²) < 4.78 is 0. The summed E-state index contributed by atoms with van der Waals surface area (Å²) >= 11 is 0. The minimum absolute atomic E-state index is 0.708. The molecule has 0 bridgehead atoms. The van der Waals surface area contributed by atoms with Gasteiger partial charge in [0.15, 0.2) is 0 Å². The number of benzene rings is 1. The fourth-order valence-corrected chi connectivity index (χ4v) is 2.57. The van der Waals surface area contributed by atoms with Crippen LogP contribution in [0.1, 0.15) is 36.0 Å². The molecule has 2 rings (SSSR count). The highest BCUT2D eigenvalue weighted by atomic mass is 14.9. The van der Waals surface area contributed by atoms with Crippen LogP contribution in [0, 0.1) is 13.8 Å². The Kier molecular flexibility index (Phi) is 3.42. The van der Waals surface area contributed by atoms with Crippen molar-refractivity contribution in [3.8, 4) is 0 Å². The molecule has 15 heavy (non-hydrogen) atoms. The van der Waals surface area contributed by atoms with Crippen LogP contribution in [0.25, 0.3) is 0 Å². The molecule has 0 spiro atoms. The third-order valence-electron chi connectivity index (χ3n) is 3.18. The van der Waals surface area contributed by atoms with E-state index in [2.05, 4.69) is 37.4 Å².